The Kier molecular flexibility index (Phi) is 4.79. The van der Waals surface area contributed by atoms with Gasteiger partial charge in [-0.3, -0.25) is 0 Å². The number of carbonyl (C=O) groups is 1. The van der Waals surface area contributed by atoms with E-state index in [2.05, 4.69) is 41.4 Å². The lowest BCUT2D eigenvalue weighted by Crippen LogP contribution is -2.25. The number of primary amides is 1. The number of rotatable bonds is 2. The largest absolute Gasteiger partial charge is 0.446 e. The molecule has 2 aromatic rings. The van der Waals surface area contributed by atoms with Crippen molar-refractivity contribution in [1.82, 2.24) is 10.2 Å². The Morgan fingerprint density at radius 1 is 1.08 bits per heavy atom. The molecule has 5 heteroatoms. The molecule has 1 amide bonds. The predicted molar refractivity (Wildman–Crippen MR) is 92.7 cm³/mol. The molecule has 0 aliphatic heterocycles. The van der Waals surface area contributed by atoms with Crippen LogP contribution in [0.4, 0.5) is 4.79 Å². The fraction of sp³-hybridized carbons (Fsp3) is 0.421. The molecule has 0 unspecified atom stereocenters. The highest BCUT2D eigenvalue weighted by Crippen LogP contribution is 2.30. The molecule has 0 saturated heterocycles. The van der Waals surface area contributed by atoms with Crippen molar-refractivity contribution < 1.29 is 9.53 Å². The number of hydrogen-bond acceptors (Lipinski definition) is 4. The van der Waals surface area contributed by atoms with Crippen LogP contribution in [-0.2, 0) is 17.6 Å². The van der Waals surface area contributed by atoms with Crippen molar-refractivity contribution in [3.8, 4) is 11.3 Å². The van der Waals surface area contributed by atoms with Gasteiger partial charge in [0, 0.05) is 5.56 Å². The molecule has 126 valence electrons. The number of fused-ring (bicyclic) bond motifs is 1. The highest BCUT2D eigenvalue weighted by Gasteiger charge is 2.22. The van der Waals surface area contributed by atoms with Crippen molar-refractivity contribution in [1.29, 1.82) is 0 Å². The zero-order valence-electron chi connectivity index (χ0n) is 14.2. The molecular weight excluding hydrogens is 302 g/mol. The second-order valence-corrected chi connectivity index (χ2v) is 6.45. The lowest BCUT2D eigenvalue weighted by molar-refractivity contribution is 0.0937. The van der Waals surface area contributed by atoms with E-state index in [9.17, 15) is 4.79 Å². The topological polar surface area (TPSA) is 78.1 Å². The van der Waals surface area contributed by atoms with Gasteiger partial charge >= 0.3 is 6.09 Å². The molecule has 0 spiro atoms. The van der Waals surface area contributed by atoms with Crippen LogP contribution in [0.1, 0.15) is 41.6 Å². The monoisotopic (exact) mass is 325 g/mol. The van der Waals surface area contributed by atoms with Gasteiger partial charge in [-0.25, -0.2) is 4.79 Å². The van der Waals surface area contributed by atoms with Gasteiger partial charge in [0.2, 0.25) is 0 Å². The van der Waals surface area contributed by atoms with E-state index in [1.807, 2.05) is 6.92 Å². The minimum Gasteiger partial charge on any atom is -0.446 e. The van der Waals surface area contributed by atoms with Crippen LogP contribution in [0.25, 0.3) is 11.3 Å². The molecule has 0 fully saturated rings. The van der Waals surface area contributed by atoms with E-state index >= 15 is 0 Å². The first kappa shape index (κ1) is 16.4. The van der Waals surface area contributed by atoms with Crippen LogP contribution in [-0.4, -0.2) is 22.4 Å². The minimum absolute atomic E-state index is 0.106. The van der Waals surface area contributed by atoms with Crippen LogP contribution in [0.15, 0.2) is 24.3 Å². The van der Waals surface area contributed by atoms with E-state index in [0.717, 1.165) is 49.1 Å². The second kappa shape index (κ2) is 6.99. The number of benzene rings is 1. The molecular formula is C19H23N3O2. The number of aryl methyl sites for hydroxylation is 2. The Bertz CT molecular complexity index is 741. The third kappa shape index (κ3) is 3.55. The van der Waals surface area contributed by atoms with Gasteiger partial charge in [0.1, 0.15) is 6.10 Å². The van der Waals surface area contributed by atoms with E-state index in [1.54, 1.807) is 0 Å². The van der Waals surface area contributed by atoms with Crippen molar-refractivity contribution >= 4 is 6.09 Å². The smallest absolute Gasteiger partial charge is 0.404 e. The summed E-state index contributed by atoms with van der Waals surface area (Å²) in [5.41, 5.74) is 12.0. The molecule has 24 heavy (non-hydrogen) atoms. The number of nitrogens with two attached hydrogens (primary N) is 1. The zero-order valence-corrected chi connectivity index (χ0v) is 14.2. The predicted octanol–water partition coefficient (Wildman–Crippen LogP) is 3.49. The summed E-state index contributed by atoms with van der Waals surface area (Å²) in [7, 11) is 0. The Morgan fingerprint density at radius 2 is 1.83 bits per heavy atom. The number of carbonyl (C=O) groups excluding carboxylic acids is 1. The van der Waals surface area contributed by atoms with Crippen molar-refractivity contribution in [3.63, 3.8) is 0 Å². The molecule has 2 N–H and O–H groups in total. The SMILES string of the molecule is Cc1ccc(-c2nnc(C)c3c2CCC[C@H](OC(N)=O)CC3)cc1. The summed E-state index contributed by atoms with van der Waals surface area (Å²) in [6.45, 7) is 4.07. The first-order chi connectivity index (χ1) is 11.5. The van der Waals surface area contributed by atoms with Crippen LogP contribution in [0.3, 0.4) is 0 Å². The quantitative estimate of drug-likeness (QED) is 0.916. The van der Waals surface area contributed by atoms with Gasteiger partial charge in [-0.15, -0.1) is 5.10 Å². The standard InChI is InChI=1S/C19H23N3O2/c1-12-6-8-14(9-7-12)18-17-5-3-4-15(24-19(20)23)10-11-16(17)13(2)21-22-18/h6-9,15H,3-5,10-11H2,1-2H3,(H2,20,23)/t15-/m0/s1. The van der Waals surface area contributed by atoms with Gasteiger partial charge in [-0.2, -0.15) is 5.10 Å². The maximum atomic E-state index is 11.0. The lowest BCUT2D eigenvalue weighted by atomic mass is 9.89. The summed E-state index contributed by atoms with van der Waals surface area (Å²) < 4.78 is 5.21. The summed E-state index contributed by atoms with van der Waals surface area (Å²) in [5.74, 6) is 0. The number of aromatic nitrogens is 2. The van der Waals surface area contributed by atoms with Gasteiger partial charge in [-0.1, -0.05) is 29.8 Å². The normalized spacial score (nSPS) is 17.5. The highest BCUT2D eigenvalue weighted by atomic mass is 16.6. The highest BCUT2D eigenvalue weighted by molar-refractivity contribution is 5.65. The van der Waals surface area contributed by atoms with Gasteiger partial charge in [0.25, 0.3) is 0 Å². The molecule has 0 saturated carbocycles. The van der Waals surface area contributed by atoms with Crippen molar-refractivity contribution in [2.24, 2.45) is 5.73 Å². The molecule has 0 radical (unpaired) electrons. The molecule has 1 aliphatic rings. The van der Waals surface area contributed by atoms with Crippen LogP contribution in [0.2, 0.25) is 0 Å². The van der Waals surface area contributed by atoms with E-state index in [1.165, 1.54) is 16.7 Å². The Balaban J connectivity index is 1.94. The third-order valence-corrected chi connectivity index (χ3v) is 4.66. The molecule has 1 aromatic carbocycles. The van der Waals surface area contributed by atoms with Gasteiger partial charge in [0.15, 0.2) is 0 Å². The molecule has 1 heterocycles. The summed E-state index contributed by atoms with van der Waals surface area (Å²) in [5, 5.41) is 8.84. The summed E-state index contributed by atoms with van der Waals surface area (Å²) in [6.07, 6.45) is 3.49. The average molecular weight is 325 g/mol. The van der Waals surface area contributed by atoms with Crippen LogP contribution < -0.4 is 5.73 Å². The van der Waals surface area contributed by atoms with E-state index < -0.39 is 6.09 Å². The van der Waals surface area contributed by atoms with E-state index in [-0.39, 0.29) is 6.10 Å². The fourth-order valence-corrected chi connectivity index (χ4v) is 3.39. The van der Waals surface area contributed by atoms with Gasteiger partial charge in [0.05, 0.1) is 11.4 Å². The van der Waals surface area contributed by atoms with Crippen molar-refractivity contribution in [2.75, 3.05) is 0 Å². The van der Waals surface area contributed by atoms with Crippen molar-refractivity contribution in [2.45, 2.75) is 52.1 Å². The first-order valence-electron chi connectivity index (χ1n) is 8.42. The maximum Gasteiger partial charge on any atom is 0.404 e. The Morgan fingerprint density at radius 3 is 2.54 bits per heavy atom. The van der Waals surface area contributed by atoms with Crippen LogP contribution in [0, 0.1) is 13.8 Å². The van der Waals surface area contributed by atoms with Crippen LogP contribution >= 0.6 is 0 Å². The van der Waals surface area contributed by atoms with E-state index in [4.69, 9.17) is 10.5 Å². The van der Waals surface area contributed by atoms with Crippen molar-refractivity contribution in [3.05, 3.63) is 46.6 Å². The second-order valence-electron chi connectivity index (χ2n) is 6.45. The summed E-state index contributed by atoms with van der Waals surface area (Å²) in [6, 6.07) is 8.41. The molecule has 1 aromatic heterocycles. The Labute approximate surface area is 142 Å². The molecule has 3 rings (SSSR count). The number of hydrogen-bond donors (Lipinski definition) is 1. The van der Waals surface area contributed by atoms with Crippen LogP contribution in [0.5, 0.6) is 0 Å². The summed E-state index contributed by atoms with van der Waals surface area (Å²) in [4.78, 5) is 11.0. The maximum absolute atomic E-state index is 11.0. The average Bonchev–Trinajstić information content (AvgIpc) is 2.52. The third-order valence-electron chi connectivity index (χ3n) is 4.66. The van der Waals surface area contributed by atoms with E-state index in [0.29, 0.717) is 0 Å². The summed E-state index contributed by atoms with van der Waals surface area (Å²) >= 11 is 0. The molecule has 5 nitrogen and oxygen atoms in total. The number of amides is 1. The molecule has 1 aliphatic carbocycles. The zero-order chi connectivity index (χ0) is 17.1. The fourth-order valence-electron chi connectivity index (χ4n) is 3.39. The Hall–Kier alpha value is -2.43. The number of nitrogens with zero attached hydrogens (tertiary/aromatic N) is 2. The number of ether oxygens (including phenoxy) is 1. The van der Waals surface area contributed by atoms with Gasteiger partial charge in [-0.05, 0) is 57.1 Å². The minimum atomic E-state index is -0.689. The first-order valence-corrected chi connectivity index (χ1v) is 8.42. The molecule has 1 atom stereocenters. The molecule has 0 bridgehead atoms. The lowest BCUT2D eigenvalue weighted by Gasteiger charge is -2.23. The van der Waals surface area contributed by atoms with Gasteiger partial charge < -0.3 is 10.5 Å².